The van der Waals surface area contributed by atoms with Gasteiger partial charge in [0.2, 0.25) is 0 Å². The van der Waals surface area contributed by atoms with E-state index in [-0.39, 0.29) is 10.8 Å². The van der Waals surface area contributed by atoms with Gasteiger partial charge in [-0.3, -0.25) is 4.03 Å². The van der Waals surface area contributed by atoms with E-state index in [4.69, 9.17) is 4.03 Å². The summed E-state index contributed by atoms with van der Waals surface area (Å²) in [6, 6.07) is 30.1. The fourth-order valence-electron chi connectivity index (χ4n) is 4.18. The van der Waals surface area contributed by atoms with E-state index in [0.29, 0.717) is 11.3 Å². The lowest BCUT2D eigenvalue weighted by Gasteiger charge is -2.41. The van der Waals surface area contributed by atoms with Crippen molar-refractivity contribution >= 4 is 28.3 Å². The Morgan fingerprint density at radius 3 is 1.56 bits per heavy atom. The Labute approximate surface area is 194 Å². The second-order valence-corrected chi connectivity index (χ2v) is 16.6. The molecule has 3 nitrogen and oxygen atoms in total. The van der Waals surface area contributed by atoms with Gasteiger partial charge in [0.05, 0.1) is 21.1 Å². The maximum absolute atomic E-state index is 14.9. The highest BCUT2D eigenvalue weighted by molar-refractivity contribution is 7.94. The first-order valence-electron chi connectivity index (χ1n) is 11.2. The third-order valence-corrected chi connectivity index (χ3v) is 14.9. The molecule has 0 aliphatic rings. The van der Waals surface area contributed by atoms with E-state index in [9.17, 15) is 9.32 Å². The molecule has 0 aliphatic carbocycles. The summed E-state index contributed by atoms with van der Waals surface area (Å²) >= 11 is 0. The molecule has 2 atom stereocenters. The molecule has 0 bridgehead atoms. The molecular formula is C27H35NO2SSi. The van der Waals surface area contributed by atoms with Gasteiger partial charge >= 0.3 is 0 Å². The van der Waals surface area contributed by atoms with Gasteiger partial charge in [0.25, 0.3) is 8.24 Å². The number of nitrogens with zero attached hydrogens (tertiary/aromatic N) is 1. The number of hydrogen-bond donors (Lipinski definition) is 1. The highest BCUT2D eigenvalue weighted by Crippen LogP contribution is 2.39. The molecule has 3 aromatic carbocycles. The molecule has 0 fully saturated rings. The first-order chi connectivity index (χ1) is 15.0. The maximum Gasteiger partial charge on any atom is 0.260 e. The molecular weight excluding hydrogens is 430 g/mol. The predicted molar refractivity (Wildman–Crippen MR) is 139 cm³/mol. The van der Waals surface area contributed by atoms with Gasteiger partial charge in [-0.25, -0.2) is 4.21 Å². The van der Waals surface area contributed by atoms with Gasteiger partial charge in [0, 0.05) is 4.90 Å². The van der Waals surface area contributed by atoms with Crippen LogP contribution in [0.25, 0.3) is 0 Å². The number of hydrogen-bond acceptors (Lipinski definition) is 3. The lowest BCUT2D eigenvalue weighted by Crippen LogP contribution is -2.63. The van der Waals surface area contributed by atoms with Crippen molar-refractivity contribution < 1.29 is 9.32 Å². The molecule has 0 unspecified atom stereocenters. The van der Waals surface area contributed by atoms with Crippen LogP contribution in [-0.4, -0.2) is 28.9 Å². The van der Waals surface area contributed by atoms with Crippen LogP contribution in [0.15, 0.2) is 99.9 Å². The Kier molecular flexibility index (Phi) is 7.13. The Balaban J connectivity index is 2.48. The quantitative estimate of drug-likeness (QED) is 0.486. The minimum atomic E-state index is -2.94. The number of aliphatic hydroxyl groups is 1. The molecule has 32 heavy (non-hydrogen) atoms. The van der Waals surface area contributed by atoms with Gasteiger partial charge in [-0.1, -0.05) is 107 Å². The van der Waals surface area contributed by atoms with Crippen molar-refractivity contribution in [2.75, 3.05) is 5.75 Å². The van der Waals surface area contributed by atoms with Crippen molar-refractivity contribution in [3.8, 4) is 0 Å². The van der Waals surface area contributed by atoms with Crippen molar-refractivity contribution in [1.82, 2.24) is 0 Å². The van der Waals surface area contributed by atoms with Crippen molar-refractivity contribution in [3.05, 3.63) is 91.0 Å². The minimum absolute atomic E-state index is 0.102. The van der Waals surface area contributed by atoms with Gasteiger partial charge in [-0.15, -0.1) is 0 Å². The van der Waals surface area contributed by atoms with E-state index in [1.54, 1.807) is 6.92 Å². The summed E-state index contributed by atoms with van der Waals surface area (Å²) in [5.41, 5.74) is -1.08. The third-order valence-electron chi connectivity index (χ3n) is 6.13. The first kappa shape index (κ1) is 24.4. The van der Waals surface area contributed by atoms with E-state index in [0.717, 1.165) is 10.4 Å². The van der Waals surface area contributed by atoms with Crippen molar-refractivity contribution in [1.29, 1.82) is 0 Å². The summed E-state index contributed by atoms with van der Waals surface area (Å²) in [5.74, 6) is 0.102. The average Bonchev–Trinajstić information content (AvgIpc) is 2.78. The lowest BCUT2D eigenvalue weighted by atomic mass is 10.1. The molecule has 0 aromatic heterocycles. The molecule has 0 saturated carbocycles. The second-order valence-electron chi connectivity index (χ2n) is 9.73. The van der Waals surface area contributed by atoms with Crippen LogP contribution in [0.5, 0.6) is 0 Å². The average molecular weight is 466 g/mol. The van der Waals surface area contributed by atoms with Crippen LogP contribution in [0.2, 0.25) is 5.04 Å². The van der Waals surface area contributed by atoms with E-state index in [1.807, 2.05) is 73.7 Å². The Bertz CT molecular complexity index is 1090. The third kappa shape index (κ3) is 4.90. The van der Waals surface area contributed by atoms with E-state index >= 15 is 0 Å². The molecule has 3 aromatic rings. The highest BCUT2D eigenvalue weighted by atomic mass is 32.2. The van der Waals surface area contributed by atoms with Crippen LogP contribution in [0.3, 0.4) is 0 Å². The topological polar surface area (TPSA) is 49.7 Å². The summed E-state index contributed by atoms with van der Waals surface area (Å²) in [4.78, 5) is 0.682. The molecule has 0 amide bonds. The summed E-state index contributed by atoms with van der Waals surface area (Å²) in [5, 5.41) is 13.0. The fraction of sp³-hybridized carbons (Fsp3) is 0.333. The van der Waals surface area contributed by atoms with Gasteiger partial charge in [-0.05, 0) is 40.9 Å². The van der Waals surface area contributed by atoms with Gasteiger partial charge in [-0.2, -0.15) is 0 Å². The maximum atomic E-state index is 14.9. The zero-order valence-corrected chi connectivity index (χ0v) is 21.6. The number of benzene rings is 3. The molecule has 0 aliphatic heterocycles. The molecule has 0 radical (unpaired) electrons. The lowest BCUT2D eigenvalue weighted by molar-refractivity contribution is 0.0803. The number of rotatable bonds is 7. The largest absolute Gasteiger partial charge is 0.389 e. The standard InChI is InChI=1S/C27H35NO2SSi/c1-6-27(5,29)22-31(30,23-16-10-7-11-17-23)28-32(26(2,3)4,24-18-12-8-13-19-24)25-20-14-9-15-21-25/h7-21,29H,6,22H2,1-5H3/t27-,31-/m0/s1. The van der Waals surface area contributed by atoms with Crippen LogP contribution < -0.4 is 10.4 Å². The van der Waals surface area contributed by atoms with Crippen molar-refractivity contribution in [2.24, 2.45) is 4.03 Å². The highest BCUT2D eigenvalue weighted by Gasteiger charge is 2.50. The van der Waals surface area contributed by atoms with Gasteiger partial charge < -0.3 is 5.11 Å². The van der Waals surface area contributed by atoms with E-state index in [1.165, 1.54) is 0 Å². The first-order valence-corrected chi connectivity index (χ1v) is 14.8. The summed E-state index contributed by atoms with van der Waals surface area (Å²) < 4.78 is 20.3. The summed E-state index contributed by atoms with van der Waals surface area (Å²) in [6.07, 6.45) is 0.507. The van der Waals surface area contributed by atoms with Crippen LogP contribution in [0, 0.1) is 0 Å². The smallest absolute Gasteiger partial charge is 0.260 e. The Morgan fingerprint density at radius 2 is 1.19 bits per heavy atom. The van der Waals surface area contributed by atoms with Crippen LogP contribution >= 0.6 is 0 Å². The summed E-state index contributed by atoms with van der Waals surface area (Å²) in [6.45, 7) is 10.3. The van der Waals surface area contributed by atoms with Gasteiger partial charge in [0.1, 0.15) is 0 Å². The normalized spacial score (nSPS) is 16.1. The minimum Gasteiger partial charge on any atom is -0.389 e. The Morgan fingerprint density at radius 1 is 0.781 bits per heavy atom. The predicted octanol–water partition coefficient (Wildman–Crippen LogP) is 5.23. The molecule has 0 saturated heterocycles. The van der Waals surface area contributed by atoms with Gasteiger partial charge in [0.15, 0.2) is 0 Å². The molecule has 170 valence electrons. The zero-order valence-electron chi connectivity index (χ0n) is 19.8. The molecule has 0 spiro atoms. The van der Waals surface area contributed by atoms with E-state index < -0.39 is 23.6 Å². The summed E-state index contributed by atoms with van der Waals surface area (Å²) in [7, 11) is -5.88. The van der Waals surface area contributed by atoms with E-state index in [2.05, 4.69) is 45.0 Å². The van der Waals surface area contributed by atoms with Crippen molar-refractivity contribution in [2.45, 2.75) is 56.6 Å². The molecule has 5 heteroatoms. The van der Waals surface area contributed by atoms with Crippen LogP contribution in [0.1, 0.15) is 41.0 Å². The second kappa shape index (κ2) is 9.34. The monoisotopic (exact) mass is 465 g/mol. The van der Waals surface area contributed by atoms with Crippen LogP contribution in [0.4, 0.5) is 0 Å². The van der Waals surface area contributed by atoms with Crippen LogP contribution in [-0.2, 0) is 9.73 Å². The molecule has 3 rings (SSSR count). The Hall–Kier alpha value is -2.21. The molecule has 0 heterocycles. The molecule has 1 N–H and O–H groups in total. The SMILES string of the molecule is CC[C@](C)(O)C[S@@](=O)(=N[Si](c1ccccc1)(c1ccccc1)C(C)(C)C)c1ccccc1. The zero-order chi connectivity index (χ0) is 23.5. The van der Waals surface area contributed by atoms with Crippen molar-refractivity contribution in [3.63, 3.8) is 0 Å². The fourth-order valence-corrected chi connectivity index (χ4v) is 13.8.